The molecule has 3 aromatic rings. The van der Waals surface area contributed by atoms with E-state index < -0.39 is 52.2 Å². The number of carbonyl (C=O) groups is 4. The Labute approximate surface area is 243 Å². The molecule has 5 N–H and O–H groups in total. The Bertz CT molecular complexity index is 1660. The summed E-state index contributed by atoms with van der Waals surface area (Å²) in [4.78, 5) is 62.7. The van der Waals surface area contributed by atoms with Crippen molar-refractivity contribution < 1.29 is 34.5 Å². The molecule has 4 heterocycles. The maximum Gasteiger partial charge on any atom is 0.364 e. The van der Waals surface area contributed by atoms with E-state index in [1.165, 1.54) is 30.0 Å². The number of thioether (sulfide) groups is 2. The number of aliphatic carboxylic acids is 2. The van der Waals surface area contributed by atoms with Crippen LogP contribution in [0.25, 0.3) is 5.65 Å². The summed E-state index contributed by atoms with van der Waals surface area (Å²) in [5, 5.41) is 41.8. The summed E-state index contributed by atoms with van der Waals surface area (Å²) in [5.41, 5.74) is -0.0767. The van der Waals surface area contributed by atoms with Gasteiger partial charge in [-0.2, -0.15) is 14.7 Å². The fourth-order valence-electron chi connectivity index (χ4n) is 4.50. The number of amides is 2. The maximum absolute atomic E-state index is 13.1. The molecule has 3 unspecified atom stereocenters. The molecule has 1 aromatic carbocycles. The number of carboxylic acids is 2. The van der Waals surface area contributed by atoms with Crippen LogP contribution in [-0.2, 0) is 19.2 Å². The Morgan fingerprint density at radius 1 is 1.22 bits per heavy atom. The van der Waals surface area contributed by atoms with Crippen LogP contribution >= 0.6 is 35.1 Å². The number of rotatable bonds is 10. The van der Waals surface area contributed by atoms with Crippen LogP contribution in [0.3, 0.4) is 0 Å². The van der Waals surface area contributed by atoms with Crippen LogP contribution in [0, 0.1) is 0 Å². The van der Waals surface area contributed by atoms with E-state index in [2.05, 4.69) is 20.6 Å². The number of H-pyrrole nitrogens is 1. The molecule has 17 heteroatoms. The number of carbonyl (C=O) groups excluding carboxylic acids is 2. The molecule has 2 aliphatic rings. The molecule has 0 saturated carbocycles. The molecular weight excluding hydrogens is 600 g/mol. The van der Waals surface area contributed by atoms with E-state index in [0.29, 0.717) is 15.6 Å². The first-order valence-corrected chi connectivity index (χ1v) is 14.3. The van der Waals surface area contributed by atoms with Gasteiger partial charge in [-0.25, -0.2) is 14.7 Å². The number of aromatic nitrogens is 4. The number of aliphatic hydroxyl groups is 1. The normalized spacial score (nSPS) is 19.9. The van der Waals surface area contributed by atoms with Gasteiger partial charge in [0.1, 0.15) is 22.1 Å². The summed E-state index contributed by atoms with van der Waals surface area (Å²) in [6, 6.07) is 8.07. The minimum atomic E-state index is -1.60. The molecular formula is C24H21ClN6O8S2. The lowest BCUT2D eigenvalue weighted by Crippen LogP contribution is -2.71. The molecule has 1 fully saturated rings. The van der Waals surface area contributed by atoms with Gasteiger partial charge in [0, 0.05) is 22.4 Å². The van der Waals surface area contributed by atoms with Gasteiger partial charge in [-0.05, 0) is 41.8 Å². The lowest BCUT2D eigenvalue weighted by atomic mass is 9.99. The zero-order valence-electron chi connectivity index (χ0n) is 20.8. The monoisotopic (exact) mass is 620 g/mol. The van der Waals surface area contributed by atoms with Gasteiger partial charge in [-0.15, -0.1) is 11.8 Å². The highest BCUT2D eigenvalue weighted by atomic mass is 35.5. The predicted octanol–water partition coefficient (Wildman–Crippen LogP) is 0.869. The van der Waals surface area contributed by atoms with E-state index in [9.17, 15) is 39.3 Å². The summed E-state index contributed by atoms with van der Waals surface area (Å²) in [7, 11) is 0. The van der Waals surface area contributed by atoms with E-state index in [-0.39, 0.29) is 35.5 Å². The number of nitrogens with zero attached hydrogens (tertiary/aromatic N) is 4. The van der Waals surface area contributed by atoms with E-state index in [1.54, 1.807) is 18.2 Å². The number of aromatic amines is 1. The molecule has 14 nitrogen and oxygen atoms in total. The first-order valence-electron chi connectivity index (χ1n) is 12.0. The molecule has 0 spiro atoms. The number of halogens is 1. The molecule has 4 atom stereocenters. The minimum Gasteiger partial charge on any atom is -0.481 e. The molecule has 0 aliphatic carbocycles. The molecule has 214 valence electrons. The van der Waals surface area contributed by atoms with Crippen molar-refractivity contribution in [1.82, 2.24) is 30.0 Å². The average Bonchev–Trinajstić information content (AvgIpc) is 3.32. The number of aliphatic hydroxyl groups excluding tert-OH is 1. The third-order valence-electron chi connectivity index (χ3n) is 6.43. The van der Waals surface area contributed by atoms with Crippen molar-refractivity contribution in [2.45, 2.75) is 40.6 Å². The van der Waals surface area contributed by atoms with E-state index in [1.807, 2.05) is 0 Å². The van der Waals surface area contributed by atoms with Crippen molar-refractivity contribution >= 4 is 64.5 Å². The van der Waals surface area contributed by atoms with Crippen LogP contribution in [-0.4, -0.2) is 86.2 Å². The fraction of sp³-hybridized carbons (Fsp3) is 0.292. The third-order valence-corrected chi connectivity index (χ3v) is 9.23. The summed E-state index contributed by atoms with van der Waals surface area (Å²) in [6.45, 7) is 0. The van der Waals surface area contributed by atoms with Crippen molar-refractivity contribution in [3.8, 4) is 0 Å². The quantitative estimate of drug-likeness (QED) is 0.158. The average molecular weight is 621 g/mol. The second kappa shape index (κ2) is 11.6. The van der Waals surface area contributed by atoms with E-state index in [0.717, 1.165) is 21.2 Å². The zero-order chi connectivity index (χ0) is 29.4. The van der Waals surface area contributed by atoms with Gasteiger partial charge >= 0.3 is 17.6 Å². The van der Waals surface area contributed by atoms with Gasteiger partial charge in [0.15, 0.2) is 11.8 Å². The molecule has 2 amide bonds. The van der Waals surface area contributed by atoms with Crippen LogP contribution < -0.4 is 11.0 Å². The van der Waals surface area contributed by atoms with Gasteiger partial charge in [-0.3, -0.25) is 19.3 Å². The number of carboxylic acid groups (broad SMARTS) is 2. The Morgan fingerprint density at radius 3 is 2.71 bits per heavy atom. The lowest BCUT2D eigenvalue weighted by molar-refractivity contribution is -0.151. The number of hydrogen-bond donors (Lipinski definition) is 5. The molecule has 0 bridgehead atoms. The van der Waals surface area contributed by atoms with Gasteiger partial charge in [0.05, 0.1) is 0 Å². The van der Waals surface area contributed by atoms with Crippen molar-refractivity contribution in [1.29, 1.82) is 0 Å². The largest absolute Gasteiger partial charge is 0.481 e. The standard InChI is InChI=1S/C24H21ClN6O8S2/c25-11-3-1-2-10(8-11)19(34)20(35)26-17-21(36)30-18(23(37)38)12(9-40-22(17)30)13(4-7-16(32)33)41-15-6-5-14-27-28-24(39)31(14)29-15/h1-3,5-6,8,13,17,19,22,34H,4,7,9H2,(H,26,35)(H,28,39)(H,32,33)(H,37,38)/t13?,17?,19?,22-/m0/s1. The van der Waals surface area contributed by atoms with Crippen molar-refractivity contribution in [3.63, 3.8) is 0 Å². The van der Waals surface area contributed by atoms with Gasteiger partial charge < -0.3 is 20.6 Å². The number of benzene rings is 1. The van der Waals surface area contributed by atoms with Crippen LogP contribution in [0.15, 0.2) is 57.5 Å². The topological polar surface area (TPSA) is 207 Å². The van der Waals surface area contributed by atoms with Gasteiger partial charge in [0.25, 0.3) is 11.8 Å². The smallest absolute Gasteiger partial charge is 0.364 e. The van der Waals surface area contributed by atoms with Crippen molar-refractivity contribution in [3.05, 3.63) is 68.7 Å². The Kier molecular flexibility index (Phi) is 8.08. The molecule has 0 radical (unpaired) electrons. The summed E-state index contributed by atoms with van der Waals surface area (Å²) >= 11 is 8.20. The highest BCUT2D eigenvalue weighted by Crippen LogP contribution is 2.44. The number of hydrogen-bond acceptors (Lipinski definition) is 10. The van der Waals surface area contributed by atoms with E-state index >= 15 is 0 Å². The van der Waals surface area contributed by atoms with Gasteiger partial charge in [-0.1, -0.05) is 35.5 Å². The van der Waals surface area contributed by atoms with Crippen LogP contribution in [0.1, 0.15) is 24.5 Å². The Balaban J connectivity index is 1.39. The highest BCUT2D eigenvalue weighted by molar-refractivity contribution is 8.01. The number of β-lactam (4-membered cyclic amide) rings is 1. The first kappa shape index (κ1) is 28.7. The summed E-state index contributed by atoms with van der Waals surface area (Å²) < 4.78 is 1.03. The second-order valence-electron chi connectivity index (χ2n) is 9.04. The fourth-order valence-corrected chi connectivity index (χ4v) is 7.37. The van der Waals surface area contributed by atoms with Crippen molar-refractivity contribution in [2.75, 3.05) is 5.75 Å². The Hall–Kier alpha value is -3.86. The maximum atomic E-state index is 13.1. The molecule has 2 aliphatic heterocycles. The van der Waals surface area contributed by atoms with Crippen LogP contribution in [0.5, 0.6) is 0 Å². The predicted molar refractivity (Wildman–Crippen MR) is 146 cm³/mol. The zero-order valence-corrected chi connectivity index (χ0v) is 23.1. The highest BCUT2D eigenvalue weighted by Gasteiger charge is 2.55. The number of nitrogens with one attached hydrogen (secondary N) is 2. The van der Waals surface area contributed by atoms with Crippen LogP contribution in [0.4, 0.5) is 0 Å². The van der Waals surface area contributed by atoms with E-state index in [4.69, 9.17) is 11.6 Å². The first-order chi connectivity index (χ1) is 19.5. The lowest BCUT2D eigenvalue weighted by Gasteiger charge is -2.50. The Morgan fingerprint density at radius 2 is 2.00 bits per heavy atom. The minimum absolute atomic E-state index is 0.0192. The summed E-state index contributed by atoms with van der Waals surface area (Å²) in [6.07, 6.45) is -1.87. The number of fused-ring (bicyclic) bond motifs is 2. The molecule has 41 heavy (non-hydrogen) atoms. The van der Waals surface area contributed by atoms with Crippen LogP contribution in [0.2, 0.25) is 5.02 Å². The third kappa shape index (κ3) is 5.68. The van der Waals surface area contributed by atoms with Crippen molar-refractivity contribution in [2.24, 2.45) is 0 Å². The van der Waals surface area contributed by atoms with Gasteiger partial charge in [0.2, 0.25) is 0 Å². The second-order valence-corrected chi connectivity index (χ2v) is 11.8. The summed E-state index contributed by atoms with van der Waals surface area (Å²) in [5.74, 6) is -3.90. The molecule has 1 saturated heterocycles. The molecule has 2 aromatic heterocycles. The SMILES string of the molecule is O=C(O)CCC(Sc1ccc2n[nH]c(=O)n2n1)C1=C(C(=O)O)N2C(=O)C(NC(=O)C(O)c3cccc(Cl)c3)[C@@H]2SC1. The molecule has 5 rings (SSSR count).